The smallest absolute Gasteiger partial charge is 0.278 e. The molecule has 2 aliphatic heterocycles. The molecular formula is C26H24FN3O4. The second-order valence-corrected chi connectivity index (χ2v) is 8.26. The van der Waals surface area contributed by atoms with E-state index in [1.807, 2.05) is 48.3 Å². The van der Waals surface area contributed by atoms with E-state index in [4.69, 9.17) is 4.74 Å². The maximum Gasteiger partial charge on any atom is 0.278 e. The van der Waals surface area contributed by atoms with Gasteiger partial charge in [0, 0.05) is 17.8 Å². The van der Waals surface area contributed by atoms with Gasteiger partial charge in [0.2, 0.25) is 5.43 Å². The van der Waals surface area contributed by atoms with E-state index in [0.29, 0.717) is 12.0 Å². The summed E-state index contributed by atoms with van der Waals surface area (Å²) in [5.41, 5.74) is 0.634. The molecule has 3 heterocycles. The van der Waals surface area contributed by atoms with Crippen LogP contribution in [0.4, 0.5) is 4.39 Å². The predicted molar refractivity (Wildman–Crippen MR) is 125 cm³/mol. The molecule has 0 fully saturated rings. The number of amides is 1. The van der Waals surface area contributed by atoms with Crippen molar-refractivity contribution in [3.05, 3.63) is 106 Å². The number of benzene rings is 2. The fraction of sp³-hybridized carbons (Fsp3) is 0.231. The Morgan fingerprint density at radius 3 is 2.65 bits per heavy atom. The van der Waals surface area contributed by atoms with Crippen molar-refractivity contribution in [3.8, 4) is 11.5 Å². The molecule has 2 atom stereocenters. The number of hydrogen-bond acceptors (Lipinski definition) is 5. The summed E-state index contributed by atoms with van der Waals surface area (Å²) >= 11 is 0. The predicted octanol–water partition coefficient (Wildman–Crippen LogP) is 3.56. The van der Waals surface area contributed by atoms with Crippen LogP contribution in [-0.2, 0) is 0 Å². The van der Waals surface area contributed by atoms with Crippen molar-refractivity contribution in [2.24, 2.45) is 0 Å². The Balaban J connectivity index is 1.83. The van der Waals surface area contributed by atoms with Crippen LogP contribution in [0.15, 0.2) is 77.7 Å². The summed E-state index contributed by atoms with van der Waals surface area (Å²) in [6.45, 7) is 2.22. The van der Waals surface area contributed by atoms with Crippen molar-refractivity contribution < 1.29 is 19.0 Å². The molecule has 0 radical (unpaired) electrons. The SMILES string of the molecule is CCC1/C=C/COc2c(F)cccc2[C@@H](c2ccccc2)N2CN1C(=O)c1c(O)c(=O)ccn12. The van der Waals surface area contributed by atoms with Gasteiger partial charge < -0.3 is 14.7 Å². The number of ether oxygens (including phenoxy) is 1. The number of halogens is 1. The highest BCUT2D eigenvalue weighted by Crippen LogP contribution is 2.38. The van der Waals surface area contributed by atoms with Gasteiger partial charge in [0.05, 0.1) is 6.04 Å². The molecule has 2 bridgehead atoms. The van der Waals surface area contributed by atoms with Gasteiger partial charge in [-0.25, -0.2) is 4.39 Å². The Hall–Kier alpha value is -4.07. The minimum absolute atomic E-state index is 0.117. The van der Waals surface area contributed by atoms with Crippen molar-refractivity contribution in [3.63, 3.8) is 0 Å². The third-order valence-corrected chi connectivity index (χ3v) is 6.30. The quantitative estimate of drug-likeness (QED) is 0.591. The normalized spacial score (nSPS) is 20.6. The summed E-state index contributed by atoms with van der Waals surface area (Å²) in [5.74, 6) is -1.44. The molecule has 3 aromatic rings. The Kier molecular flexibility index (Phi) is 5.57. The number of carbonyl (C=O) groups is 1. The maximum atomic E-state index is 15.0. The van der Waals surface area contributed by atoms with Gasteiger partial charge in [-0.3, -0.25) is 19.3 Å². The van der Waals surface area contributed by atoms with E-state index in [2.05, 4.69) is 0 Å². The molecule has 0 saturated carbocycles. The molecule has 2 aliphatic rings. The van der Waals surface area contributed by atoms with Gasteiger partial charge in [0.1, 0.15) is 19.3 Å². The molecular weight excluding hydrogens is 437 g/mol. The zero-order chi connectivity index (χ0) is 23.8. The van der Waals surface area contributed by atoms with Gasteiger partial charge in [-0.15, -0.1) is 0 Å². The van der Waals surface area contributed by atoms with Gasteiger partial charge in [0.15, 0.2) is 23.0 Å². The van der Waals surface area contributed by atoms with Crippen molar-refractivity contribution >= 4 is 5.91 Å². The standard InChI is InChI=1S/C26H24FN3O4/c1-2-18-10-7-15-34-25-19(11-6-12-20(25)27)22(17-8-4-3-5-9-17)30-16-28(18)26(33)23-24(32)21(31)13-14-29(23)30/h3-14,18,22,32H,2,15-16H2,1H3/b10-7+/t18?,22-/m1/s1. The van der Waals surface area contributed by atoms with Crippen molar-refractivity contribution in [1.82, 2.24) is 9.58 Å². The molecule has 2 aromatic carbocycles. The number of rotatable bonds is 2. The Morgan fingerprint density at radius 1 is 1.09 bits per heavy atom. The second-order valence-electron chi connectivity index (χ2n) is 8.26. The molecule has 5 rings (SSSR count). The summed E-state index contributed by atoms with van der Waals surface area (Å²) in [6.07, 6.45) is 5.68. The molecule has 1 aromatic heterocycles. The lowest BCUT2D eigenvalue weighted by Crippen LogP contribution is -2.57. The van der Waals surface area contributed by atoms with Crippen LogP contribution in [0.2, 0.25) is 0 Å². The molecule has 1 unspecified atom stereocenters. The van der Waals surface area contributed by atoms with E-state index >= 15 is 4.39 Å². The van der Waals surface area contributed by atoms with Crippen LogP contribution in [0.1, 0.15) is 41.0 Å². The molecule has 0 spiro atoms. The Bertz CT molecular complexity index is 1320. The highest BCUT2D eigenvalue weighted by atomic mass is 19.1. The molecule has 174 valence electrons. The van der Waals surface area contributed by atoms with E-state index in [1.165, 1.54) is 23.0 Å². The largest absolute Gasteiger partial charge is 0.502 e. The zero-order valence-corrected chi connectivity index (χ0v) is 18.6. The van der Waals surface area contributed by atoms with Gasteiger partial charge >= 0.3 is 0 Å². The van der Waals surface area contributed by atoms with Crippen LogP contribution < -0.4 is 15.2 Å². The number of fused-ring (bicyclic) bond motifs is 5. The number of hydrogen-bond donors (Lipinski definition) is 1. The molecule has 0 aliphatic carbocycles. The van der Waals surface area contributed by atoms with Crippen LogP contribution in [-0.4, -0.2) is 39.9 Å². The molecule has 1 amide bonds. The van der Waals surface area contributed by atoms with E-state index in [1.54, 1.807) is 23.1 Å². The molecule has 0 saturated heterocycles. The van der Waals surface area contributed by atoms with E-state index < -0.39 is 28.9 Å². The fourth-order valence-electron chi connectivity index (χ4n) is 4.66. The van der Waals surface area contributed by atoms with Crippen molar-refractivity contribution in [2.45, 2.75) is 25.4 Å². The van der Waals surface area contributed by atoms with Crippen molar-refractivity contribution in [1.29, 1.82) is 0 Å². The molecule has 8 heteroatoms. The number of para-hydroxylation sites is 1. The Morgan fingerprint density at radius 2 is 1.88 bits per heavy atom. The fourth-order valence-corrected chi connectivity index (χ4v) is 4.66. The summed E-state index contributed by atoms with van der Waals surface area (Å²) in [6, 6.07) is 14.6. The van der Waals surface area contributed by atoms with E-state index in [9.17, 15) is 14.7 Å². The monoisotopic (exact) mass is 461 g/mol. The highest BCUT2D eigenvalue weighted by Gasteiger charge is 2.39. The number of aromatic nitrogens is 1. The van der Waals surface area contributed by atoms with Crippen LogP contribution in [0.3, 0.4) is 0 Å². The molecule has 34 heavy (non-hydrogen) atoms. The first-order valence-corrected chi connectivity index (χ1v) is 11.2. The molecule has 1 N–H and O–H groups in total. The average molecular weight is 461 g/mol. The summed E-state index contributed by atoms with van der Waals surface area (Å²) in [5, 5.41) is 12.5. The summed E-state index contributed by atoms with van der Waals surface area (Å²) < 4.78 is 22.4. The van der Waals surface area contributed by atoms with Crippen LogP contribution in [0.5, 0.6) is 11.5 Å². The lowest BCUT2D eigenvalue weighted by Gasteiger charge is -2.45. The van der Waals surface area contributed by atoms with Crippen molar-refractivity contribution in [2.75, 3.05) is 18.3 Å². The van der Waals surface area contributed by atoms with Gasteiger partial charge in [-0.1, -0.05) is 55.5 Å². The van der Waals surface area contributed by atoms with Crippen LogP contribution in [0, 0.1) is 5.82 Å². The van der Waals surface area contributed by atoms with Crippen LogP contribution >= 0.6 is 0 Å². The van der Waals surface area contributed by atoms with Crippen LogP contribution in [0.25, 0.3) is 0 Å². The lowest BCUT2D eigenvalue weighted by molar-refractivity contribution is 0.0626. The maximum absolute atomic E-state index is 15.0. The highest BCUT2D eigenvalue weighted by molar-refractivity contribution is 5.96. The lowest BCUT2D eigenvalue weighted by atomic mass is 9.96. The average Bonchev–Trinajstić information content (AvgIpc) is 2.87. The van der Waals surface area contributed by atoms with Gasteiger partial charge in [-0.05, 0) is 24.1 Å². The second kappa shape index (κ2) is 8.70. The third kappa shape index (κ3) is 3.51. The van der Waals surface area contributed by atoms with Gasteiger partial charge in [-0.2, -0.15) is 0 Å². The first kappa shape index (κ1) is 21.8. The first-order valence-electron chi connectivity index (χ1n) is 11.2. The number of nitrogens with zero attached hydrogens (tertiary/aromatic N) is 3. The number of carbonyl (C=O) groups excluding carboxylic acids is 1. The first-order chi connectivity index (χ1) is 16.5. The topological polar surface area (TPSA) is 75.0 Å². The summed E-state index contributed by atoms with van der Waals surface area (Å²) in [7, 11) is 0. The Labute approximate surface area is 195 Å². The minimum atomic E-state index is -0.639. The third-order valence-electron chi connectivity index (χ3n) is 6.30. The number of aromatic hydroxyl groups is 1. The van der Waals surface area contributed by atoms with Gasteiger partial charge in [0.25, 0.3) is 5.91 Å². The number of pyridine rings is 1. The molecule has 7 nitrogen and oxygen atoms in total. The zero-order valence-electron chi connectivity index (χ0n) is 18.6. The van der Waals surface area contributed by atoms with E-state index in [-0.39, 0.29) is 30.8 Å². The van der Waals surface area contributed by atoms with E-state index in [0.717, 1.165) is 5.56 Å². The minimum Gasteiger partial charge on any atom is -0.502 e. The summed E-state index contributed by atoms with van der Waals surface area (Å²) in [4.78, 5) is 27.4.